The van der Waals surface area contributed by atoms with Crippen molar-refractivity contribution >= 4 is 17.8 Å². The first kappa shape index (κ1) is 28.0. The summed E-state index contributed by atoms with van der Waals surface area (Å²) in [5.41, 5.74) is 2.60. The number of ketones is 1. The Morgan fingerprint density at radius 3 is 2.25 bits per heavy atom. The zero-order valence-electron chi connectivity index (χ0n) is 25.7. The molecule has 6 rings (SSSR count). The summed E-state index contributed by atoms with van der Waals surface area (Å²) < 4.78 is 0. The van der Waals surface area contributed by atoms with Crippen LogP contribution in [0.15, 0.2) is 48.1 Å². The zero-order chi connectivity index (χ0) is 28.9. The van der Waals surface area contributed by atoms with Gasteiger partial charge in [-0.3, -0.25) is 9.59 Å². The number of hydrogen-bond acceptors (Lipinski definition) is 2. The number of carbonyl (C=O) groups excluding carboxylic acids is 1. The van der Waals surface area contributed by atoms with E-state index in [0.29, 0.717) is 29.5 Å². The molecule has 5 saturated carbocycles. The first-order valence-corrected chi connectivity index (χ1v) is 15.9. The maximum atomic E-state index is 14.0. The van der Waals surface area contributed by atoms with Gasteiger partial charge in [0.2, 0.25) is 0 Å². The van der Waals surface area contributed by atoms with Gasteiger partial charge in [-0.2, -0.15) is 0 Å². The number of carbonyl (C=O) groups is 2. The number of hydrogen-bond donors (Lipinski definition) is 1. The molecule has 5 fully saturated rings. The number of benzene rings is 1. The molecule has 5 aliphatic carbocycles. The van der Waals surface area contributed by atoms with E-state index in [0.717, 1.165) is 68.9 Å². The Labute approximate surface area is 241 Å². The van der Waals surface area contributed by atoms with Gasteiger partial charge < -0.3 is 5.11 Å². The van der Waals surface area contributed by atoms with E-state index in [9.17, 15) is 14.7 Å². The minimum absolute atomic E-state index is 0.0454. The van der Waals surface area contributed by atoms with E-state index in [1.807, 2.05) is 6.07 Å². The fourth-order valence-corrected chi connectivity index (χ4v) is 12.2. The fourth-order valence-electron chi connectivity index (χ4n) is 12.2. The lowest BCUT2D eigenvalue weighted by atomic mass is 9.32. The molecule has 0 unspecified atom stereocenters. The summed E-state index contributed by atoms with van der Waals surface area (Å²) in [6.07, 6.45) is 11.1. The van der Waals surface area contributed by atoms with E-state index < -0.39 is 11.4 Å². The van der Waals surface area contributed by atoms with Gasteiger partial charge >= 0.3 is 5.97 Å². The van der Waals surface area contributed by atoms with Gasteiger partial charge in [0, 0.05) is 5.41 Å². The van der Waals surface area contributed by atoms with Gasteiger partial charge in [0.1, 0.15) is 0 Å². The van der Waals surface area contributed by atoms with Crippen molar-refractivity contribution in [3.05, 3.63) is 53.6 Å². The van der Waals surface area contributed by atoms with Crippen LogP contribution in [0.5, 0.6) is 0 Å². The Hall–Kier alpha value is -2.16. The number of fused-ring (bicyclic) bond motifs is 7. The highest BCUT2D eigenvalue weighted by Gasteiger charge is 2.72. The highest BCUT2D eigenvalue weighted by atomic mass is 16.4. The Morgan fingerprint density at radius 2 is 1.60 bits per heavy atom. The first-order chi connectivity index (χ1) is 18.7. The average Bonchev–Trinajstić information content (AvgIpc) is 3.30. The quantitative estimate of drug-likeness (QED) is 0.306. The molecule has 0 aliphatic heterocycles. The molecule has 3 heteroatoms. The summed E-state index contributed by atoms with van der Waals surface area (Å²) in [6.45, 7) is 18.6. The van der Waals surface area contributed by atoms with Crippen LogP contribution in [-0.4, -0.2) is 16.9 Å². The maximum Gasteiger partial charge on any atom is 0.309 e. The van der Waals surface area contributed by atoms with Gasteiger partial charge in [-0.15, -0.1) is 0 Å². The highest BCUT2D eigenvalue weighted by molar-refractivity contribution is 6.04. The van der Waals surface area contributed by atoms with E-state index in [4.69, 9.17) is 0 Å². The summed E-state index contributed by atoms with van der Waals surface area (Å²) in [5.74, 6) is 1.60. The average molecular weight is 543 g/mol. The maximum absolute atomic E-state index is 14.0. The fraction of sp³-hybridized carbons (Fsp3) is 0.676. The standard InChI is InChI=1S/C37H50O3/c1-23(2)26-15-18-37(32(39)40)20-19-35(6)27(30(26)37)13-14-29-34(5)22-25(21-24-11-9-8-10-12-24)31(38)33(3,4)28(34)16-17-36(29,35)7/h8-12,21,26-30H,1,13-20,22H2,2-7H3,(H,39,40)/b25-21-/t26-,27+,28-,29+,30+,34-,35+,36+,37-/m0/s1. The summed E-state index contributed by atoms with van der Waals surface area (Å²) in [7, 11) is 0. The molecule has 0 saturated heterocycles. The number of carboxylic acid groups (broad SMARTS) is 1. The number of rotatable bonds is 3. The molecule has 3 nitrogen and oxygen atoms in total. The molecule has 0 aromatic heterocycles. The van der Waals surface area contributed by atoms with E-state index in [1.165, 1.54) is 5.57 Å². The molecule has 5 aliphatic rings. The first-order valence-electron chi connectivity index (χ1n) is 15.9. The number of aliphatic carboxylic acids is 1. The van der Waals surface area contributed by atoms with Crippen molar-refractivity contribution in [3.63, 3.8) is 0 Å². The van der Waals surface area contributed by atoms with E-state index in [2.05, 4.69) is 78.5 Å². The van der Waals surface area contributed by atoms with Crippen LogP contribution >= 0.6 is 0 Å². The van der Waals surface area contributed by atoms with E-state index >= 15 is 0 Å². The van der Waals surface area contributed by atoms with Crippen molar-refractivity contribution < 1.29 is 14.7 Å². The molecule has 1 N–H and O–H groups in total. The van der Waals surface area contributed by atoms with Crippen molar-refractivity contribution in [2.75, 3.05) is 0 Å². The Morgan fingerprint density at radius 1 is 0.900 bits per heavy atom. The summed E-state index contributed by atoms with van der Waals surface area (Å²) in [4.78, 5) is 26.9. The predicted molar refractivity (Wildman–Crippen MR) is 161 cm³/mol. The van der Waals surface area contributed by atoms with Gasteiger partial charge in [-0.05, 0) is 128 Å². The molecule has 0 bridgehead atoms. The molecule has 0 amide bonds. The van der Waals surface area contributed by atoms with Crippen molar-refractivity contribution in [1.82, 2.24) is 0 Å². The predicted octanol–water partition coefficient (Wildman–Crippen LogP) is 8.99. The van der Waals surface area contributed by atoms with Crippen LogP contribution in [0.25, 0.3) is 6.08 Å². The lowest BCUT2D eigenvalue weighted by Gasteiger charge is -2.72. The second-order valence-corrected chi connectivity index (χ2v) is 16.0. The minimum Gasteiger partial charge on any atom is -0.481 e. The van der Waals surface area contributed by atoms with Crippen molar-refractivity contribution in [1.29, 1.82) is 0 Å². The topological polar surface area (TPSA) is 54.4 Å². The lowest BCUT2D eigenvalue weighted by Crippen LogP contribution is -2.67. The smallest absolute Gasteiger partial charge is 0.309 e. The van der Waals surface area contributed by atoms with Gasteiger partial charge in [0.15, 0.2) is 5.78 Å². The lowest BCUT2D eigenvalue weighted by molar-refractivity contribution is -0.231. The number of Topliss-reactive ketones (excluding diaryl/α,β-unsaturated/α-hetero) is 1. The third-order valence-corrected chi connectivity index (χ3v) is 14.2. The second-order valence-electron chi connectivity index (χ2n) is 16.0. The summed E-state index contributed by atoms with van der Waals surface area (Å²) in [6, 6.07) is 10.3. The molecule has 1 aromatic rings. The monoisotopic (exact) mass is 542 g/mol. The molecule has 1 aromatic carbocycles. The van der Waals surface area contributed by atoms with E-state index in [-0.39, 0.29) is 27.6 Å². The molecular formula is C37H50O3. The van der Waals surface area contributed by atoms with Crippen molar-refractivity contribution in [2.24, 2.45) is 56.7 Å². The molecule has 216 valence electrons. The number of carboxylic acids is 1. The molecule has 0 spiro atoms. The zero-order valence-corrected chi connectivity index (χ0v) is 25.7. The summed E-state index contributed by atoms with van der Waals surface area (Å²) in [5, 5.41) is 10.6. The molecule has 9 atom stereocenters. The van der Waals surface area contributed by atoms with Crippen LogP contribution in [0.2, 0.25) is 0 Å². The van der Waals surface area contributed by atoms with Crippen molar-refractivity contribution in [3.8, 4) is 0 Å². The molecule has 0 heterocycles. The highest BCUT2D eigenvalue weighted by Crippen LogP contribution is 2.77. The Balaban J connectivity index is 1.42. The van der Waals surface area contributed by atoms with Gasteiger partial charge in [-0.1, -0.05) is 77.1 Å². The van der Waals surface area contributed by atoms with Crippen molar-refractivity contribution in [2.45, 2.75) is 99.3 Å². The van der Waals surface area contributed by atoms with Crippen LogP contribution in [0.4, 0.5) is 0 Å². The minimum atomic E-state index is -0.580. The van der Waals surface area contributed by atoms with Crippen LogP contribution < -0.4 is 0 Å². The van der Waals surface area contributed by atoms with E-state index in [1.54, 1.807) is 0 Å². The second kappa shape index (κ2) is 8.92. The van der Waals surface area contributed by atoms with Crippen LogP contribution in [0.3, 0.4) is 0 Å². The molecule has 0 radical (unpaired) electrons. The largest absolute Gasteiger partial charge is 0.481 e. The Bertz CT molecular complexity index is 1270. The SMILES string of the molecule is C=C(C)[C@@H]1CC[C@]2(C(=O)O)CC[C@]3(C)[C@H](CC[C@@H]4[C@@]5(C)C/C(=C/c6ccccc6)C(=O)C(C)(C)[C@@H]5CC[C@]43C)[C@@H]12. The van der Waals surface area contributed by atoms with Gasteiger partial charge in [-0.25, -0.2) is 0 Å². The van der Waals surface area contributed by atoms with Gasteiger partial charge in [0.05, 0.1) is 5.41 Å². The number of allylic oxidation sites excluding steroid dienone is 2. The van der Waals surface area contributed by atoms with Crippen LogP contribution in [-0.2, 0) is 9.59 Å². The third kappa shape index (κ3) is 3.48. The van der Waals surface area contributed by atoms with Crippen LogP contribution in [0, 0.1) is 56.7 Å². The molecular weight excluding hydrogens is 492 g/mol. The normalized spacial score (nSPS) is 46.6. The van der Waals surface area contributed by atoms with Crippen LogP contribution in [0.1, 0.15) is 105 Å². The van der Waals surface area contributed by atoms with Gasteiger partial charge in [0.25, 0.3) is 0 Å². The molecule has 40 heavy (non-hydrogen) atoms. The Kier molecular flexibility index (Phi) is 6.24. The third-order valence-electron chi connectivity index (χ3n) is 14.2. The summed E-state index contributed by atoms with van der Waals surface area (Å²) >= 11 is 0.